The van der Waals surface area contributed by atoms with Gasteiger partial charge in [0, 0.05) is 29.7 Å². The summed E-state index contributed by atoms with van der Waals surface area (Å²) in [5, 5.41) is 5.71. The molecule has 0 fully saturated rings. The van der Waals surface area contributed by atoms with Crippen LogP contribution in [0.3, 0.4) is 0 Å². The van der Waals surface area contributed by atoms with Crippen LogP contribution in [0.1, 0.15) is 5.69 Å². The molecule has 1 N–H and O–H groups in total. The van der Waals surface area contributed by atoms with Crippen molar-refractivity contribution in [3.63, 3.8) is 0 Å². The van der Waals surface area contributed by atoms with Gasteiger partial charge in [0.15, 0.2) is 5.65 Å². The van der Waals surface area contributed by atoms with Crippen LogP contribution in [-0.2, 0) is 0 Å². The molecule has 0 aliphatic carbocycles. The molecule has 0 radical (unpaired) electrons. The zero-order valence-corrected chi connectivity index (χ0v) is 10.5. The van der Waals surface area contributed by atoms with Crippen molar-refractivity contribution in [2.24, 2.45) is 0 Å². The third-order valence-corrected chi connectivity index (χ3v) is 3.41. The molecule has 3 aromatic heterocycles. The summed E-state index contributed by atoms with van der Waals surface area (Å²) in [4.78, 5) is 7.68. The monoisotopic (exact) mass is 248 g/mol. The van der Waals surface area contributed by atoms with Crippen molar-refractivity contribution in [2.75, 3.05) is 0 Å². The average Bonchev–Trinajstić information content (AvgIpc) is 3.00. The molecule has 0 aliphatic rings. The molecular weight excluding hydrogens is 236 g/mol. The van der Waals surface area contributed by atoms with Crippen molar-refractivity contribution in [3.8, 4) is 11.1 Å². The highest BCUT2D eigenvalue weighted by Gasteiger charge is 2.12. The SMILES string of the molecule is Cc1nn2cccnc2c1-c1ccc2cc[nH]c2c1. The first-order valence-electron chi connectivity index (χ1n) is 6.20. The van der Waals surface area contributed by atoms with Gasteiger partial charge in [0.25, 0.3) is 0 Å². The van der Waals surface area contributed by atoms with Crippen LogP contribution in [-0.4, -0.2) is 19.6 Å². The maximum Gasteiger partial charge on any atom is 0.163 e. The zero-order valence-electron chi connectivity index (χ0n) is 10.5. The zero-order chi connectivity index (χ0) is 12.8. The van der Waals surface area contributed by atoms with E-state index in [0.29, 0.717) is 0 Å². The highest BCUT2D eigenvalue weighted by atomic mass is 15.2. The lowest BCUT2D eigenvalue weighted by molar-refractivity contribution is 0.917. The van der Waals surface area contributed by atoms with E-state index in [1.807, 2.05) is 29.9 Å². The first-order chi connectivity index (χ1) is 9.33. The quantitative estimate of drug-likeness (QED) is 0.562. The van der Waals surface area contributed by atoms with Crippen molar-refractivity contribution in [1.29, 1.82) is 0 Å². The number of hydrogen-bond acceptors (Lipinski definition) is 2. The molecule has 0 aliphatic heterocycles. The largest absolute Gasteiger partial charge is 0.361 e. The summed E-state index contributed by atoms with van der Waals surface area (Å²) in [6.07, 6.45) is 5.68. The predicted molar refractivity (Wildman–Crippen MR) is 75.0 cm³/mol. The third-order valence-electron chi connectivity index (χ3n) is 3.41. The van der Waals surface area contributed by atoms with Crippen molar-refractivity contribution in [1.82, 2.24) is 19.6 Å². The Labute approximate surface area is 109 Å². The van der Waals surface area contributed by atoms with Crippen LogP contribution in [0.15, 0.2) is 48.9 Å². The van der Waals surface area contributed by atoms with Crippen LogP contribution in [0.25, 0.3) is 27.7 Å². The van der Waals surface area contributed by atoms with E-state index >= 15 is 0 Å². The van der Waals surface area contributed by atoms with Crippen molar-refractivity contribution in [3.05, 3.63) is 54.6 Å². The van der Waals surface area contributed by atoms with E-state index in [-0.39, 0.29) is 0 Å². The smallest absolute Gasteiger partial charge is 0.163 e. The first kappa shape index (κ1) is 10.3. The molecule has 92 valence electrons. The van der Waals surface area contributed by atoms with Gasteiger partial charge < -0.3 is 4.98 Å². The normalized spacial score (nSPS) is 11.4. The molecule has 0 spiro atoms. The standard InChI is InChI=1S/C15H12N4/c1-10-14(15-17-6-2-8-19(15)18-10)12-4-3-11-5-7-16-13(11)9-12/h2-9,16H,1H3. The maximum absolute atomic E-state index is 4.50. The van der Waals surface area contributed by atoms with Gasteiger partial charge in [0.2, 0.25) is 0 Å². The van der Waals surface area contributed by atoms with Gasteiger partial charge in [-0.3, -0.25) is 0 Å². The van der Waals surface area contributed by atoms with E-state index in [1.165, 1.54) is 5.39 Å². The number of benzene rings is 1. The fourth-order valence-corrected chi connectivity index (χ4v) is 2.54. The van der Waals surface area contributed by atoms with E-state index in [0.717, 1.165) is 28.0 Å². The molecule has 0 unspecified atom stereocenters. The number of H-pyrrole nitrogens is 1. The van der Waals surface area contributed by atoms with Gasteiger partial charge in [-0.15, -0.1) is 0 Å². The van der Waals surface area contributed by atoms with Crippen LogP contribution in [0.4, 0.5) is 0 Å². The van der Waals surface area contributed by atoms with E-state index in [2.05, 4.69) is 39.3 Å². The summed E-state index contributed by atoms with van der Waals surface area (Å²) in [5.74, 6) is 0. The lowest BCUT2D eigenvalue weighted by atomic mass is 10.0. The van der Waals surface area contributed by atoms with Gasteiger partial charge >= 0.3 is 0 Å². The Morgan fingerprint density at radius 1 is 1.21 bits per heavy atom. The molecule has 0 bridgehead atoms. The molecule has 19 heavy (non-hydrogen) atoms. The minimum atomic E-state index is 0.894. The molecule has 0 atom stereocenters. The topological polar surface area (TPSA) is 46.0 Å². The van der Waals surface area contributed by atoms with Crippen LogP contribution in [0.5, 0.6) is 0 Å². The van der Waals surface area contributed by atoms with Gasteiger partial charge in [-0.05, 0) is 36.1 Å². The molecule has 4 rings (SSSR count). The van der Waals surface area contributed by atoms with Gasteiger partial charge in [-0.25, -0.2) is 9.50 Å². The summed E-state index contributed by atoms with van der Waals surface area (Å²) in [6, 6.07) is 10.3. The molecule has 4 heteroatoms. The summed E-state index contributed by atoms with van der Waals surface area (Å²) in [7, 11) is 0. The van der Waals surface area contributed by atoms with Gasteiger partial charge in [-0.2, -0.15) is 5.10 Å². The lowest BCUT2D eigenvalue weighted by Gasteiger charge is -2.01. The number of aromatic nitrogens is 4. The van der Waals surface area contributed by atoms with Gasteiger partial charge in [0.05, 0.1) is 5.69 Å². The molecule has 4 aromatic rings. The first-order valence-corrected chi connectivity index (χ1v) is 6.20. The van der Waals surface area contributed by atoms with Crippen LogP contribution in [0.2, 0.25) is 0 Å². The number of nitrogens with one attached hydrogen (secondary N) is 1. The molecule has 3 heterocycles. The van der Waals surface area contributed by atoms with Crippen molar-refractivity contribution < 1.29 is 0 Å². The number of aromatic amines is 1. The summed E-state index contributed by atoms with van der Waals surface area (Å²) >= 11 is 0. The number of hydrogen-bond donors (Lipinski definition) is 1. The second-order valence-electron chi connectivity index (χ2n) is 4.63. The fourth-order valence-electron chi connectivity index (χ4n) is 2.54. The maximum atomic E-state index is 4.50. The second-order valence-corrected chi connectivity index (χ2v) is 4.63. The van der Waals surface area contributed by atoms with E-state index < -0.39 is 0 Å². The van der Waals surface area contributed by atoms with E-state index in [4.69, 9.17) is 0 Å². The Hall–Kier alpha value is -2.62. The van der Waals surface area contributed by atoms with Crippen molar-refractivity contribution >= 4 is 16.6 Å². The summed E-state index contributed by atoms with van der Waals surface area (Å²) in [5.41, 5.74) is 5.25. The highest BCUT2D eigenvalue weighted by Crippen LogP contribution is 2.29. The van der Waals surface area contributed by atoms with E-state index in [1.54, 1.807) is 6.20 Å². The Bertz CT molecular complexity index is 885. The van der Waals surface area contributed by atoms with Crippen molar-refractivity contribution in [2.45, 2.75) is 6.92 Å². The number of nitrogens with zero attached hydrogens (tertiary/aromatic N) is 3. The average molecular weight is 248 g/mol. The minimum absolute atomic E-state index is 0.894. The minimum Gasteiger partial charge on any atom is -0.361 e. The molecule has 0 saturated carbocycles. The second kappa shape index (κ2) is 3.68. The number of rotatable bonds is 1. The highest BCUT2D eigenvalue weighted by molar-refractivity contribution is 5.88. The molecule has 0 saturated heterocycles. The Kier molecular flexibility index (Phi) is 2.00. The molecule has 0 amide bonds. The van der Waals surface area contributed by atoms with Crippen LogP contribution in [0, 0.1) is 6.92 Å². The van der Waals surface area contributed by atoms with Crippen LogP contribution < -0.4 is 0 Å². The Balaban J connectivity index is 2.05. The Morgan fingerprint density at radius 2 is 2.16 bits per heavy atom. The molecular formula is C15H12N4. The fraction of sp³-hybridized carbons (Fsp3) is 0.0667. The number of aryl methyl sites for hydroxylation is 1. The molecule has 4 nitrogen and oxygen atoms in total. The summed E-state index contributed by atoms with van der Waals surface area (Å²) < 4.78 is 1.82. The van der Waals surface area contributed by atoms with E-state index in [9.17, 15) is 0 Å². The Morgan fingerprint density at radius 3 is 3.11 bits per heavy atom. The summed E-state index contributed by atoms with van der Waals surface area (Å²) in [6.45, 7) is 2.02. The van der Waals surface area contributed by atoms with Gasteiger partial charge in [-0.1, -0.05) is 12.1 Å². The van der Waals surface area contributed by atoms with Gasteiger partial charge in [0.1, 0.15) is 0 Å². The predicted octanol–water partition coefficient (Wildman–Crippen LogP) is 3.19. The molecule has 1 aromatic carbocycles. The third kappa shape index (κ3) is 1.46. The lowest BCUT2D eigenvalue weighted by Crippen LogP contribution is -1.87. The number of fused-ring (bicyclic) bond motifs is 2. The van der Waals surface area contributed by atoms with Crippen LogP contribution >= 0.6 is 0 Å².